The quantitative estimate of drug-likeness (QED) is 0.672. The zero-order valence-corrected chi connectivity index (χ0v) is 12.2. The molecule has 21 heavy (non-hydrogen) atoms. The van der Waals surface area contributed by atoms with Gasteiger partial charge in [0.05, 0.1) is 17.7 Å². The Kier molecular flexibility index (Phi) is 6.15. The third kappa shape index (κ3) is 4.74. The Morgan fingerprint density at radius 1 is 1.48 bits per heavy atom. The van der Waals surface area contributed by atoms with Gasteiger partial charge in [-0.1, -0.05) is 6.92 Å². The van der Waals surface area contributed by atoms with Crippen molar-refractivity contribution < 1.29 is 19.7 Å². The average molecular weight is 292 g/mol. The number of ether oxygens (including phenoxy) is 1. The summed E-state index contributed by atoms with van der Waals surface area (Å²) in [4.78, 5) is 10.7. The van der Waals surface area contributed by atoms with Crippen LogP contribution in [-0.4, -0.2) is 34.9 Å². The van der Waals surface area contributed by atoms with Crippen LogP contribution in [0, 0.1) is 18.3 Å². The fourth-order valence-corrected chi connectivity index (χ4v) is 2.00. The molecule has 0 spiro atoms. The van der Waals surface area contributed by atoms with E-state index < -0.39 is 18.1 Å². The minimum Gasteiger partial charge on any atom is -0.490 e. The number of benzene rings is 1. The van der Waals surface area contributed by atoms with Crippen LogP contribution in [0.15, 0.2) is 12.1 Å². The maximum atomic E-state index is 10.7. The van der Waals surface area contributed by atoms with Gasteiger partial charge in [0.2, 0.25) is 5.91 Å². The summed E-state index contributed by atoms with van der Waals surface area (Å²) >= 11 is 0. The van der Waals surface area contributed by atoms with Gasteiger partial charge >= 0.3 is 0 Å². The Morgan fingerprint density at radius 3 is 2.67 bits per heavy atom. The molecule has 0 aliphatic heterocycles. The molecule has 6 nitrogen and oxygen atoms in total. The first-order chi connectivity index (χ1) is 9.88. The van der Waals surface area contributed by atoms with Gasteiger partial charge in [-0.05, 0) is 36.6 Å². The zero-order valence-electron chi connectivity index (χ0n) is 12.2. The molecule has 0 aliphatic carbocycles. The van der Waals surface area contributed by atoms with Crippen LogP contribution in [0.4, 0.5) is 0 Å². The molecule has 1 aromatic rings. The Hall–Kier alpha value is -2.10. The van der Waals surface area contributed by atoms with Gasteiger partial charge in [0, 0.05) is 6.42 Å². The van der Waals surface area contributed by atoms with Crippen molar-refractivity contribution in [3.8, 4) is 11.8 Å². The highest BCUT2D eigenvalue weighted by Gasteiger charge is 2.18. The van der Waals surface area contributed by atoms with Gasteiger partial charge in [-0.3, -0.25) is 4.79 Å². The minimum absolute atomic E-state index is 0.0654. The first-order valence-corrected chi connectivity index (χ1v) is 6.70. The van der Waals surface area contributed by atoms with Crippen LogP contribution in [0.25, 0.3) is 0 Å². The van der Waals surface area contributed by atoms with E-state index in [1.165, 1.54) is 0 Å². The number of carbonyl (C=O) groups excluding carboxylic acids is 1. The number of aryl methyl sites for hydroxylation is 2. The van der Waals surface area contributed by atoms with E-state index in [1.54, 1.807) is 12.1 Å². The standard InChI is InChI=1S/C15H20N2O4/c1-3-11-5-10(7-16)4-9(2)14(11)21-8-12(18)6-13(19)15(17)20/h4-5,12-13,18-19H,3,6,8H2,1-2H3,(H2,17,20). The van der Waals surface area contributed by atoms with Crippen molar-refractivity contribution in [2.24, 2.45) is 5.73 Å². The van der Waals surface area contributed by atoms with Crippen LogP contribution in [0.2, 0.25) is 0 Å². The van der Waals surface area contributed by atoms with Crippen LogP contribution < -0.4 is 10.5 Å². The molecular formula is C15H20N2O4. The van der Waals surface area contributed by atoms with E-state index in [-0.39, 0.29) is 13.0 Å². The third-order valence-corrected chi connectivity index (χ3v) is 3.11. The summed E-state index contributed by atoms with van der Waals surface area (Å²) in [7, 11) is 0. The molecule has 6 heteroatoms. The van der Waals surface area contributed by atoms with E-state index >= 15 is 0 Å². The molecule has 1 amide bonds. The van der Waals surface area contributed by atoms with Gasteiger partial charge in [0.25, 0.3) is 0 Å². The lowest BCUT2D eigenvalue weighted by Crippen LogP contribution is -2.33. The second kappa shape index (κ2) is 7.62. The van der Waals surface area contributed by atoms with E-state index in [0.29, 0.717) is 17.7 Å². The largest absolute Gasteiger partial charge is 0.490 e. The van der Waals surface area contributed by atoms with Crippen molar-refractivity contribution in [3.63, 3.8) is 0 Å². The highest BCUT2D eigenvalue weighted by atomic mass is 16.5. The number of nitrogens with two attached hydrogens (primary N) is 1. The molecule has 1 rings (SSSR count). The van der Waals surface area contributed by atoms with Crippen LogP contribution in [0.3, 0.4) is 0 Å². The predicted molar refractivity (Wildman–Crippen MR) is 76.6 cm³/mol. The number of nitriles is 1. The number of rotatable bonds is 7. The Labute approximate surface area is 123 Å². The smallest absolute Gasteiger partial charge is 0.246 e. The van der Waals surface area contributed by atoms with Gasteiger partial charge in [-0.15, -0.1) is 0 Å². The second-order valence-electron chi connectivity index (χ2n) is 4.87. The molecule has 0 saturated heterocycles. The lowest BCUT2D eigenvalue weighted by atomic mass is 10.0. The zero-order chi connectivity index (χ0) is 16.0. The summed E-state index contributed by atoms with van der Waals surface area (Å²) in [5, 5.41) is 28.0. The molecule has 2 unspecified atom stereocenters. The highest BCUT2D eigenvalue weighted by Crippen LogP contribution is 2.26. The normalized spacial score (nSPS) is 13.3. The number of primary amides is 1. The molecule has 4 N–H and O–H groups in total. The van der Waals surface area contributed by atoms with Crippen LogP contribution in [0.5, 0.6) is 5.75 Å². The van der Waals surface area contributed by atoms with E-state index in [4.69, 9.17) is 15.7 Å². The summed E-state index contributed by atoms with van der Waals surface area (Å²) in [6.45, 7) is 3.69. The Balaban J connectivity index is 2.75. The van der Waals surface area contributed by atoms with Crippen LogP contribution >= 0.6 is 0 Å². The summed E-state index contributed by atoms with van der Waals surface area (Å²) in [6.07, 6.45) is -1.89. The minimum atomic E-state index is -1.39. The summed E-state index contributed by atoms with van der Waals surface area (Å²) < 4.78 is 5.58. The lowest BCUT2D eigenvalue weighted by molar-refractivity contribution is -0.127. The summed E-state index contributed by atoms with van der Waals surface area (Å²) in [5.74, 6) is -0.262. The van der Waals surface area contributed by atoms with Gasteiger partial charge in [0.15, 0.2) is 0 Å². The number of nitrogens with zero attached hydrogens (tertiary/aromatic N) is 1. The molecule has 0 heterocycles. The van der Waals surface area contributed by atoms with Gasteiger partial charge < -0.3 is 20.7 Å². The molecule has 0 bridgehead atoms. The van der Waals surface area contributed by atoms with Crippen molar-refractivity contribution in [1.29, 1.82) is 5.26 Å². The summed E-state index contributed by atoms with van der Waals surface area (Å²) in [5.41, 5.74) is 7.15. The number of aliphatic hydroxyl groups excluding tert-OH is 2. The lowest BCUT2D eigenvalue weighted by Gasteiger charge is -2.18. The number of amides is 1. The summed E-state index contributed by atoms with van der Waals surface area (Å²) in [6, 6.07) is 5.53. The molecule has 2 atom stereocenters. The van der Waals surface area contributed by atoms with Crippen LogP contribution in [0.1, 0.15) is 30.0 Å². The van der Waals surface area contributed by atoms with E-state index in [1.807, 2.05) is 13.8 Å². The maximum Gasteiger partial charge on any atom is 0.246 e. The fraction of sp³-hybridized carbons (Fsp3) is 0.467. The SMILES string of the molecule is CCc1cc(C#N)cc(C)c1OCC(O)CC(O)C(N)=O. The first-order valence-electron chi connectivity index (χ1n) is 6.70. The molecule has 0 radical (unpaired) electrons. The molecule has 114 valence electrons. The molecule has 0 aliphatic rings. The van der Waals surface area contributed by atoms with Crippen LogP contribution in [-0.2, 0) is 11.2 Å². The van der Waals surface area contributed by atoms with Gasteiger partial charge in [-0.25, -0.2) is 0 Å². The van der Waals surface area contributed by atoms with Gasteiger partial charge in [-0.2, -0.15) is 5.26 Å². The number of carbonyl (C=O) groups is 1. The molecule has 0 aromatic heterocycles. The predicted octanol–water partition coefficient (Wildman–Crippen LogP) is 0.405. The molecular weight excluding hydrogens is 272 g/mol. The second-order valence-corrected chi connectivity index (χ2v) is 4.87. The van der Waals surface area contributed by atoms with E-state index in [0.717, 1.165) is 11.1 Å². The van der Waals surface area contributed by atoms with E-state index in [9.17, 15) is 15.0 Å². The number of aliphatic hydroxyl groups is 2. The number of hydrogen-bond acceptors (Lipinski definition) is 5. The van der Waals surface area contributed by atoms with Crippen molar-refractivity contribution in [1.82, 2.24) is 0 Å². The van der Waals surface area contributed by atoms with Crippen molar-refractivity contribution in [2.75, 3.05) is 6.61 Å². The Bertz CT molecular complexity index is 551. The number of hydrogen-bond donors (Lipinski definition) is 3. The Morgan fingerprint density at radius 2 is 2.14 bits per heavy atom. The highest BCUT2D eigenvalue weighted by molar-refractivity contribution is 5.78. The third-order valence-electron chi connectivity index (χ3n) is 3.11. The molecule has 0 saturated carbocycles. The van der Waals surface area contributed by atoms with Gasteiger partial charge in [0.1, 0.15) is 18.5 Å². The fourth-order valence-electron chi connectivity index (χ4n) is 2.00. The van der Waals surface area contributed by atoms with E-state index in [2.05, 4.69) is 6.07 Å². The molecule has 0 fully saturated rings. The topological polar surface area (TPSA) is 117 Å². The average Bonchev–Trinajstić information content (AvgIpc) is 2.44. The monoisotopic (exact) mass is 292 g/mol. The first kappa shape index (κ1) is 17.0. The maximum absolute atomic E-state index is 10.7. The van der Waals surface area contributed by atoms with Crippen molar-refractivity contribution in [3.05, 3.63) is 28.8 Å². The van der Waals surface area contributed by atoms with Crippen molar-refractivity contribution >= 4 is 5.91 Å². The van der Waals surface area contributed by atoms with Crippen molar-refractivity contribution in [2.45, 2.75) is 38.9 Å². The molecule has 1 aromatic carbocycles.